The summed E-state index contributed by atoms with van der Waals surface area (Å²) in [6.07, 6.45) is 1.70. The van der Waals surface area contributed by atoms with E-state index in [9.17, 15) is 0 Å². The van der Waals surface area contributed by atoms with Crippen molar-refractivity contribution in [3.63, 3.8) is 0 Å². The van der Waals surface area contributed by atoms with Crippen LogP contribution < -0.4 is 10.5 Å². The molecule has 2 N–H and O–H groups in total. The first kappa shape index (κ1) is 14.5. The molecule has 0 aliphatic carbocycles. The van der Waals surface area contributed by atoms with Crippen LogP contribution in [0.4, 0.5) is 0 Å². The summed E-state index contributed by atoms with van der Waals surface area (Å²) in [6, 6.07) is 5.91. The average Bonchev–Trinajstić information content (AvgIpc) is 2.93. The van der Waals surface area contributed by atoms with Gasteiger partial charge in [0.15, 0.2) is 0 Å². The second-order valence-electron chi connectivity index (χ2n) is 5.10. The number of aryl methyl sites for hydroxylation is 2. The molecule has 0 saturated heterocycles. The molecule has 1 unspecified atom stereocenters. The van der Waals surface area contributed by atoms with Crippen LogP contribution in [-0.2, 0) is 6.42 Å². The Bertz CT molecular complexity index is 566. The van der Waals surface area contributed by atoms with E-state index in [1.54, 1.807) is 7.11 Å². The number of hydrogen-bond acceptors (Lipinski definition) is 5. The van der Waals surface area contributed by atoms with Crippen molar-refractivity contribution in [3.8, 4) is 17.1 Å². The molecule has 0 aliphatic heterocycles. The summed E-state index contributed by atoms with van der Waals surface area (Å²) in [6.45, 7) is 4.80. The van der Waals surface area contributed by atoms with E-state index in [4.69, 9.17) is 15.0 Å². The Kier molecular flexibility index (Phi) is 4.74. The van der Waals surface area contributed by atoms with E-state index in [1.807, 2.05) is 25.1 Å². The monoisotopic (exact) mass is 275 g/mol. The first-order valence-electron chi connectivity index (χ1n) is 6.81. The van der Waals surface area contributed by atoms with Crippen LogP contribution in [0.15, 0.2) is 22.7 Å². The van der Waals surface area contributed by atoms with Gasteiger partial charge in [-0.1, -0.05) is 18.1 Å². The molecule has 0 saturated carbocycles. The maximum absolute atomic E-state index is 5.60. The van der Waals surface area contributed by atoms with Crippen molar-refractivity contribution in [2.75, 3.05) is 13.7 Å². The van der Waals surface area contributed by atoms with Crippen molar-refractivity contribution in [2.45, 2.75) is 26.7 Å². The van der Waals surface area contributed by atoms with E-state index < -0.39 is 0 Å². The van der Waals surface area contributed by atoms with Crippen molar-refractivity contribution in [3.05, 3.63) is 29.7 Å². The Morgan fingerprint density at radius 1 is 1.40 bits per heavy atom. The van der Waals surface area contributed by atoms with Crippen molar-refractivity contribution in [1.29, 1.82) is 0 Å². The van der Waals surface area contributed by atoms with Crippen LogP contribution in [0.2, 0.25) is 0 Å². The highest BCUT2D eigenvalue weighted by Crippen LogP contribution is 2.28. The highest BCUT2D eigenvalue weighted by molar-refractivity contribution is 5.64. The van der Waals surface area contributed by atoms with Crippen LogP contribution in [0.25, 0.3) is 11.4 Å². The Morgan fingerprint density at radius 2 is 2.20 bits per heavy atom. The van der Waals surface area contributed by atoms with E-state index in [2.05, 4.69) is 17.1 Å². The molecule has 1 aromatic heterocycles. The topological polar surface area (TPSA) is 74.2 Å². The number of benzene rings is 1. The smallest absolute Gasteiger partial charge is 0.226 e. The molecule has 2 aromatic rings. The van der Waals surface area contributed by atoms with Gasteiger partial charge in [-0.25, -0.2) is 0 Å². The number of nitrogens with zero attached hydrogens (tertiary/aromatic N) is 2. The Hall–Kier alpha value is -1.88. The van der Waals surface area contributed by atoms with E-state index >= 15 is 0 Å². The summed E-state index contributed by atoms with van der Waals surface area (Å²) in [7, 11) is 1.64. The van der Waals surface area contributed by atoms with Crippen LogP contribution in [0.1, 0.15) is 24.8 Å². The van der Waals surface area contributed by atoms with Crippen molar-refractivity contribution in [1.82, 2.24) is 10.1 Å². The third kappa shape index (κ3) is 3.36. The lowest BCUT2D eigenvalue weighted by molar-refractivity contribution is 0.365. The fourth-order valence-electron chi connectivity index (χ4n) is 1.94. The lowest BCUT2D eigenvalue weighted by Crippen LogP contribution is -2.11. The molecule has 20 heavy (non-hydrogen) atoms. The first-order valence-corrected chi connectivity index (χ1v) is 6.81. The van der Waals surface area contributed by atoms with Crippen LogP contribution in [0.5, 0.6) is 5.75 Å². The molecule has 5 nitrogen and oxygen atoms in total. The number of ether oxygens (including phenoxy) is 1. The maximum atomic E-state index is 5.60. The summed E-state index contributed by atoms with van der Waals surface area (Å²) in [5, 5.41) is 4.03. The van der Waals surface area contributed by atoms with Gasteiger partial charge in [-0.2, -0.15) is 4.98 Å². The van der Waals surface area contributed by atoms with Crippen LogP contribution >= 0.6 is 0 Å². The number of methoxy groups -OCH3 is 1. The van der Waals surface area contributed by atoms with Crippen LogP contribution in [-0.4, -0.2) is 23.8 Å². The summed E-state index contributed by atoms with van der Waals surface area (Å²) in [5.41, 5.74) is 7.58. The number of rotatable bonds is 6. The van der Waals surface area contributed by atoms with E-state index in [1.165, 1.54) is 0 Å². The molecule has 2 rings (SSSR count). The van der Waals surface area contributed by atoms with Gasteiger partial charge in [0.25, 0.3) is 0 Å². The SMILES string of the molecule is COc1cc(C)ccc1-c1noc(CCC(C)CN)n1. The minimum absolute atomic E-state index is 0.458. The maximum Gasteiger partial charge on any atom is 0.226 e. The zero-order valence-corrected chi connectivity index (χ0v) is 12.2. The average molecular weight is 275 g/mol. The zero-order valence-electron chi connectivity index (χ0n) is 12.2. The predicted molar refractivity (Wildman–Crippen MR) is 77.6 cm³/mol. The molecule has 0 bridgehead atoms. The molecular formula is C15H21N3O2. The molecule has 0 amide bonds. The summed E-state index contributed by atoms with van der Waals surface area (Å²) >= 11 is 0. The van der Waals surface area contributed by atoms with Crippen LogP contribution in [0.3, 0.4) is 0 Å². The van der Waals surface area contributed by atoms with Crippen molar-refractivity contribution in [2.24, 2.45) is 11.7 Å². The van der Waals surface area contributed by atoms with Gasteiger partial charge >= 0.3 is 0 Å². The zero-order chi connectivity index (χ0) is 14.5. The summed E-state index contributed by atoms with van der Waals surface area (Å²) in [4.78, 5) is 4.43. The van der Waals surface area contributed by atoms with Gasteiger partial charge in [0.1, 0.15) is 5.75 Å². The lowest BCUT2D eigenvalue weighted by Gasteiger charge is -2.05. The second kappa shape index (κ2) is 6.52. The number of nitrogens with two attached hydrogens (primary N) is 1. The minimum Gasteiger partial charge on any atom is -0.496 e. The molecule has 108 valence electrons. The van der Waals surface area contributed by atoms with Gasteiger partial charge in [-0.15, -0.1) is 0 Å². The predicted octanol–water partition coefficient (Wildman–Crippen LogP) is 2.58. The first-order chi connectivity index (χ1) is 9.63. The largest absolute Gasteiger partial charge is 0.496 e. The van der Waals surface area contributed by atoms with E-state index in [0.29, 0.717) is 24.2 Å². The Labute approximate surface area is 119 Å². The van der Waals surface area contributed by atoms with E-state index in [0.717, 1.165) is 29.7 Å². The molecule has 1 atom stereocenters. The van der Waals surface area contributed by atoms with Gasteiger partial charge in [-0.3, -0.25) is 0 Å². The molecule has 0 spiro atoms. The molecular weight excluding hydrogens is 254 g/mol. The fraction of sp³-hybridized carbons (Fsp3) is 0.467. The Morgan fingerprint density at radius 3 is 2.90 bits per heavy atom. The molecule has 0 radical (unpaired) electrons. The highest BCUT2D eigenvalue weighted by atomic mass is 16.5. The molecule has 1 aromatic carbocycles. The Balaban J connectivity index is 2.16. The summed E-state index contributed by atoms with van der Waals surface area (Å²) < 4.78 is 10.7. The molecule has 0 aliphatic rings. The third-order valence-corrected chi connectivity index (χ3v) is 3.32. The summed E-state index contributed by atoms with van der Waals surface area (Å²) in [5.74, 6) is 2.42. The third-order valence-electron chi connectivity index (χ3n) is 3.32. The van der Waals surface area contributed by atoms with E-state index in [-0.39, 0.29) is 0 Å². The van der Waals surface area contributed by atoms with Crippen molar-refractivity contribution < 1.29 is 9.26 Å². The van der Waals surface area contributed by atoms with Gasteiger partial charge in [0.05, 0.1) is 12.7 Å². The number of aromatic nitrogens is 2. The van der Waals surface area contributed by atoms with Gasteiger partial charge in [0.2, 0.25) is 11.7 Å². The van der Waals surface area contributed by atoms with Gasteiger partial charge in [0, 0.05) is 6.42 Å². The highest BCUT2D eigenvalue weighted by Gasteiger charge is 2.14. The van der Waals surface area contributed by atoms with Gasteiger partial charge in [-0.05, 0) is 43.5 Å². The minimum atomic E-state index is 0.458. The molecule has 1 heterocycles. The van der Waals surface area contributed by atoms with Crippen LogP contribution in [0, 0.1) is 12.8 Å². The number of hydrogen-bond donors (Lipinski definition) is 1. The second-order valence-corrected chi connectivity index (χ2v) is 5.10. The normalized spacial score (nSPS) is 12.4. The van der Waals surface area contributed by atoms with Gasteiger partial charge < -0.3 is 15.0 Å². The quantitative estimate of drug-likeness (QED) is 0.877. The standard InChI is InChI=1S/C15H21N3O2/c1-10-4-6-12(13(8-10)19-3)15-17-14(20-18-15)7-5-11(2)9-16/h4,6,8,11H,5,7,9,16H2,1-3H3. The fourth-order valence-corrected chi connectivity index (χ4v) is 1.94. The van der Waals surface area contributed by atoms with Crippen molar-refractivity contribution >= 4 is 0 Å². The molecule has 0 fully saturated rings. The molecule has 5 heteroatoms. The lowest BCUT2D eigenvalue weighted by atomic mass is 10.1.